The molecule has 0 saturated heterocycles. The van der Waals surface area contributed by atoms with Crippen LogP contribution >= 0.6 is 0 Å². The van der Waals surface area contributed by atoms with Crippen LogP contribution in [0.25, 0.3) is 16.9 Å². The zero-order chi connectivity index (χ0) is 16.2. The molecule has 3 rings (SSSR count). The SMILES string of the molecule is COc1ccc(-c2nn(-c3ccccc3)cc2CC(=O)O)cc1. The van der Waals surface area contributed by atoms with E-state index in [1.54, 1.807) is 18.0 Å². The molecule has 0 atom stereocenters. The van der Waals surface area contributed by atoms with Crippen LogP contribution in [0.1, 0.15) is 5.56 Å². The summed E-state index contributed by atoms with van der Waals surface area (Å²) in [4.78, 5) is 11.1. The number of nitrogens with zero attached hydrogens (tertiary/aromatic N) is 2. The maximum Gasteiger partial charge on any atom is 0.307 e. The van der Waals surface area contributed by atoms with Crippen LogP contribution in [0, 0.1) is 0 Å². The molecule has 0 amide bonds. The quantitative estimate of drug-likeness (QED) is 0.786. The molecule has 1 heterocycles. The van der Waals surface area contributed by atoms with E-state index in [4.69, 9.17) is 9.84 Å². The van der Waals surface area contributed by atoms with Crippen molar-refractivity contribution in [1.82, 2.24) is 9.78 Å². The van der Waals surface area contributed by atoms with Gasteiger partial charge in [0.2, 0.25) is 0 Å². The van der Waals surface area contributed by atoms with Crippen LogP contribution < -0.4 is 4.74 Å². The lowest BCUT2D eigenvalue weighted by Gasteiger charge is -2.03. The Morgan fingerprint density at radius 2 is 1.83 bits per heavy atom. The fourth-order valence-electron chi connectivity index (χ4n) is 2.41. The highest BCUT2D eigenvalue weighted by molar-refractivity contribution is 5.75. The number of hydrogen-bond acceptors (Lipinski definition) is 3. The van der Waals surface area contributed by atoms with Crippen molar-refractivity contribution in [2.24, 2.45) is 0 Å². The van der Waals surface area contributed by atoms with E-state index in [0.717, 1.165) is 17.0 Å². The van der Waals surface area contributed by atoms with Gasteiger partial charge in [-0.05, 0) is 36.4 Å². The van der Waals surface area contributed by atoms with E-state index < -0.39 is 5.97 Å². The van der Waals surface area contributed by atoms with Gasteiger partial charge >= 0.3 is 5.97 Å². The Balaban J connectivity index is 2.06. The summed E-state index contributed by atoms with van der Waals surface area (Å²) in [5, 5.41) is 13.7. The number of aliphatic carboxylic acids is 1. The minimum atomic E-state index is -0.882. The van der Waals surface area contributed by atoms with Crippen LogP contribution in [0.2, 0.25) is 0 Å². The summed E-state index contributed by atoms with van der Waals surface area (Å²) < 4.78 is 6.86. The van der Waals surface area contributed by atoms with Gasteiger partial charge in [-0.15, -0.1) is 0 Å². The lowest BCUT2D eigenvalue weighted by atomic mass is 10.1. The van der Waals surface area contributed by atoms with Crippen molar-refractivity contribution in [3.8, 4) is 22.7 Å². The van der Waals surface area contributed by atoms with Gasteiger partial charge in [-0.2, -0.15) is 5.10 Å². The number of rotatable bonds is 5. The minimum absolute atomic E-state index is 0.0752. The van der Waals surface area contributed by atoms with Crippen LogP contribution in [0.15, 0.2) is 60.8 Å². The molecule has 2 aromatic carbocycles. The van der Waals surface area contributed by atoms with Gasteiger partial charge in [-0.3, -0.25) is 4.79 Å². The first-order valence-electron chi connectivity index (χ1n) is 7.17. The highest BCUT2D eigenvalue weighted by Crippen LogP contribution is 2.26. The molecular formula is C18H16N2O3. The lowest BCUT2D eigenvalue weighted by Crippen LogP contribution is -2.00. The second kappa shape index (κ2) is 6.36. The van der Waals surface area contributed by atoms with Crippen LogP contribution in [0.3, 0.4) is 0 Å². The first kappa shape index (κ1) is 14.8. The van der Waals surface area contributed by atoms with Gasteiger partial charge in [0.25, 0.3) is 0 Å². The first-order chi connectivity index (χ1) is 11.2. The highest BCUT2D eigenvalue weighted by atomic mass is 16.5. The van der Waals surface area contributed by atoms with Gasteiger partial charge in [0.05, 0.1) is 24.9 Å². The highest BCUT2D eigenvalue weighted by Gasteiger charge is 2.15. The van der Waals surface area contributed by atoms with E-state index in [2.05, 4.69) is 5.10 Å². The summed E-state index contributed by atoms with van der Waals surface area (Å²) in [6.45, 7) is 0. The van der Waals surface area contributed by atoms with Gasteiger partial charge in [0, 0.05) is 17.3 Å². The Morgan fingerprint density at radius 3 is 2.43 bits per heavy atom. The molecule has 1 aromatic heterocycles. The third-order valence-corrected chi connectivity index (χ3v) is 3.52. The normalized spacial score (nSPS) is 10.5. The zero-order valence-corrected chi connectivity index (χ0v) is 12.6. The summed E-state index contributed by atoms with van der Waals surface area (Å²) in [6, 6.07) is 17.0. The molecule has 1 N–H and O–H groups in total. The number of carboxylic acids is 1. The molecule has 3 aromatic rings. The molecular weight excluding hydrogens is 292 g/mol. The average Bonchev–Trinajstić information content (AvgIpc) is 2.99. The van der Waals surface area contributed by atoms with Crippen molar-refractivity contribution in [2.75, 3.05) is 7.11 Å². The summed E-state index contributed by atoms with van der Waals surface area (Å²) >= 11 is 0. The van der Waals surface area contributed by atoms with Crippen molar-refractivity contribution in [3.05, 3.63) is 66.4 Å². The second-order valence-corrected chi connectivity index (χ2v) is 5.08. The number of carboxylic acid groups (broad SMARTS) is 1. The molecule has 0 aliphatic carbocycles. The summed E-state index contributed by atoms with van der Waals surface area (Å²) in [7, 11) is 1.61. The van der Waals surface area contributed by atoms with Crippen molar-refractivity contribution in [1.29, 1.82) is 0 Å². The Bertz CT molecular complexity index is 808. The predicted octanol–water partition coefficient (Wildman–Crippen LogP) is 3.18. The summed E-state index contributed by atoms with van der Waals surface area (Å²) in [5.74, 6) is -0.136. The van der Waals surface area contributed by atoms with Gasteiger partial charge in [-0.1, -0.05) is 18.2 Å². The maximum atomic E-state index is 11.1. The first-order valence-corrected chi connectivity index (χ1v) is 7.17. The Labute approximate surface area is 133 Å². The topological polar surface area (TPSA) is 64.4 Å². The number of methoxy groups -OCH3 is 1. The predicted molar refractivity (Wildman–Crippen MR) is 86.9 cm³/mol. The Morgan fingerprint density at radius 1 is 1.13 bits per heavy atom. The van der Waals surface area contributed by atoms with Crippen LogP contribution in [0.4, 0.5) is 0 Å². The van der Waals surface area contributed by atoms with Gasteiger partial charge in [0.15, 0.2) is 0 Å². The molecule has 0 fully saturated rings. The van der Waals surface area contributed by atoms with Gasteiger partial charge in [-0.25, -0.2) is 4.68 Å². The molecule has 0 radical (unpaired) electrons. The van der Waals surface area contributed by atoms with E-state index in [9.17, 15) is 4.79 Å². The molecule has 5 nitrogen and oxygen atoms in total. The van der Waals surface area contributed by atoms with Crippen LogP contribution in [-0.2, 0) is 11.2 Å². The van der Waals surface area contributed by atoms with Crippen molar-refractivity contribution < 1.29 is 14.6 Å². The molecule has 116 valence electrons. The molecule has 0 aliphatic heterocycles. The number of hydrogen-bond donors (Lipinski definition) is 1. The van der Waals surface area contributed by atoms with Gasteiger partial charge in [0.1, 0.15) is 5.75 Å². The fourth-order valence-corrected chi connectivity index (χ4v) is 2.41. The lowest BCUT2D eigenvalue weighted by molar-refractivity contribution is -0.136. The fraction of sp³-hybridized carbons (Fsp3) is 0.111. The molecule has 23 heavy (non-hydrogen) atoms. The second-order valence-electron chi connectivity index (χ2n) is 5.08. The third kappa shape index (κ3) is 3.23. The molecule has 0 aliphatic rings. The van der Waals surface area contributed by atoms with Gasteiger partial charge < -0.3 is 9.84 Å². The Hall–Kier alpha value is -3.08. The molecule has 0 unspecified atom stereocenters. The summed E-state index contributed by atoms with van der Waals surface area (Å²) in [6.07, 6.45) is 1.69. The van der Waals surface area contributed by atoms with Crippen molar-refractivity contribution in [3.63, 3.8) is 0 Å². The number of para-hydroxylation sites is 1. The minimum Gasteiger partial charge on any atom is -0.497 e. The van der Waals surface area contributed by atoms with Crippen molar-refractivity contribution >= 4 is 5.97 Å². The number of ether oxygens (including phenoxy) is 1. The van der Waals surface area contributed by atoms with E-state index in [0.29, 0.717) is 11.3 Å². The number of benzene rings is 2. The van der Waals surface area contributed by atoms with E-state index >= 15 is 0 Å². The van der Waals surface area contributed by atoms with E-state index in [-0.39, 0.29) is 6.42 Å². The number of aromatic nitrogens is 2. The molecule has 5 heteroatoms. The van der Waals surface area contributed by atoms with Crippen molar-refractivity contribution in [2.45, 2.75) is 6.42 Å². The average molecular weight is 308 g/mol. The summed E-state index contributed by atoms with van der Waals surface area (Å²) in [5.41, 5.74) is 3.08. The molecule has 0 bridgehead atoms. The Kier molecular flexibility index (Phi) is 4.10. The zero-order valence-electron chi connectivity index (χ0n) is 12.6. The van der Waals surface area contributed by atoms with Crippen LogP contribution in [0.5, 0.6) is 5.75 Å². The molecule has 0 spiro atoms. The smallest absolute Gasteiger partial charge is 0.307 e. The maximum absolute atomic E-state index is 11.1. The monoisotopic (exact) mass is 308 g/mol. The largest absolute Gasteiger partial charge is 0.497 e. The van der Waals surface area contributed by atoms with E-state index in [1.165, 1.54) is 0 Å². The third-order valence-electron chi connectivity index (χ3n) is 3.52. The van der Waals surface area contributed by atoms with Crippen LogP contribution in [-0.4, -0.2) is 28.0 Å². The molecule has 0 saturated carbocycles. The standard InChI is InChI=1S/C18H16N2O3/c1-23-16-9-7-13(8-10-16)18-14(11-17(21)22)12-20(19-18)15-5-3-2-4-6-15/h2-10,12H,11H2,1H3,(H,21,22). The van der Waals surface area contributed by atoms with E-state index in [1.807, 2.05) is 54.6 Å². The number of carbonyl (C=O) groups is 1.